The topological polar surface area (TPSA) is 12.0 Å². The smallest absolute Gasteiger partial charge is 0.0406 e. The van der Waals surface area contributed by atoms with Crippen molar-refractivity contribution in [1.29, 1.82) is 0 Å². The minimum absolute atomic E-state index is 0.398. The molecule has 0 aromatic heterocycles. The highest BCUT2D eigenvalue weighted by atomic mass is 35.5. The maximum absolute atomic E-state index is 6.24. The highest BCUT2D eigenvalue weighted by Gasteiger charge is 2.59. The molecule has 0 saturated heterocycles. The summed E-state index contributed by atoms with van der Waals surface area (Å²) in [6.45, 7) is 2.53. The van der Waals surface area contributed by atoms with Gasteiger partial charge in [0.1, 0.15) is 0 Å². The van der Waals surface area contributed by atoms with Gasteiger partial charge in [-0.1, -0.05) is 54.1 Å². The lowest BCUT2D eigenvalue weighted by Gasteiger charge is -2.64. The molecule has 0 radical (unpaired) electrons. The highest BCUT2D eigenvalue weighted by Crippen LogP contribution is 2.66. The molecule has 5 saturated carbocycles. The van der Waals surface area contributed by atoms with Crippen molar-refractivity contribution in [1.82, 2.24) is 5.32 Å². The fourth-order valence-corrected chi connectivity index (χ4v) is 8.96. The summed E-state index contributed by atoms with van der Waals surface area (Å²) in [5.74, 6) is 2.60. The van der Waals surface area contributed by atoms with Crippen molar-refractivity contribution in [3.05, 3.63) is 70.7 Å². The molecular formula is C30H38ClN. The van der Waals surface area contributed by atoms with Crippen molar-refractivity contribution < 1.29 is 0 Å². The monoisotopic (exact) mass is 447 g/mol. The summed E-state index contributed by atoms with van der Waals surface area (Å²) in [5.41, 5.74) is 4.00. The van der Waals surface area contributed by atoms with Crippen molar-refractivity contribution in [2.24, 2.45) is 17.3 Å². The minimum Gasteiger partial charge on any atom is -0.311 e. The predicted octanol–water partition coefficient (Wildman–Crippen LogP) is 7.88. The molecule has 5 aliphatic rings. The van der Waals surface area contributed by atoms with E-state index in [1.807, 2.05) is 0 Å². The number of hydrogen-bond acceptors (Lipinski definition) is 1. The summed E-state index contributed by atoms with van der Waals surface area (Å²) < 4.78 is 0. The Hall–Kier alpha value is -1.31. The van der Waals surface area contributed by atoms with Crippen LogP contribution in [0.4, 0.5) is 0 Å². The third kappa shape index (κ3) is 3.74. The van der Waals surface area contributed by atoms with Gasteiger partial charge in [0.05, 0.1) is 0 Å². The first-order valence-corrected chi connectivity index (χ1v) is 13.5. The molecule has 0 heterocycles. The zero-order valence-electron chi connectivity index (χ0n) is 19.5. The van der Waals surface area contributed by atoms with E-state index < -0.39 is 0 Å². The maximum Gasteiger partial charge on any atom is 0.0406 e. The quantitative estimate of drug-likeness (QED) is 0.491. The molecule has 4 bridgehead atoms. The molecule has 2 aromatic rings. The van der Waals surface area contributed by atoms with E-state index in [4.69, 9.17) is 11.6 Å². The van der Waals surface area contributed by atoms with Crippen LogP contribution in [0.1, 0.15) is 88.2 Å². The van der Waals surface area contributed by atoms with Crippen LogP contribution in [0.5, 0.6) is 0 Å². The van der Waals surface area contributed by atoms with Crippen molar-refractivity contribution in [3.8, 4) is 0 Å². The molecule has 0 unspecified atom stereocenters. The number of rotatable bonds is 5. The molecule has 0 aliphatic heterocycles. The summed E-state index contributed by atoms with van der Waals surface area (Å²) in [6.07, 6.45) is 13.9. The van der Waals surface area contributed by atoms with E-state index in [0.717, 1.165) is 22.8 Å². The lowest BCUT2D eigenvalue weighted by Crippen LogP contribution is -2.61. The van der Waals surface area contributed by atoms with Crippen LogP contribution >= 0.6 is 11.6 Å². The first-order chi connectivity index (χ1) is 15.5. The van der Waals surface area contributed by atoms with E-state index in [-0.39, 0.29) is 0 Å². The van der Waals surface area contributed by atoms with Gasteiger partial charge in [-0.05, 0) is 123 Å². The van der Waals surface area contributed by atoms with Crippen LogP contribution in [-0.4, -0.2) is 12.1 Å². The summed E-state index contributed by atoms with van der Waals surface area (Å²) in [5, 5.41) is 5.07. The van der Waals surface area contributed by atoms with Crippen molar-refractivity contribution >= 4 is 11.6 Å². The Morgan fingerprint density at radius 3 is 2.16 bits per heavy atom. The summed E-state index contributed by atoms with van der Waals surface area (Å²) in [7, 11) is 0. The van der Waals surface area contributed by atoms with Crippen LogP contribution in [0.25, 0.3) is 0 Å². The van der Waals surface area contributed by atoms with Gasteiger partial charge in [-0.2, -0.15) is 0 Å². The van der Waals surface area contributed by atoms with Gasteiger partial charge in [0.2, 0.25) is 0 Å². The second kappa shape index (κ2) is 8.17. The maximum atomic E-state index is 6.24. The largest absolute Gasteiger partial charge is 0.311 e. The van der Waals surface area contributed by atoms with Crippen molar-refractivity contribution in [3.63, 3.8) is 0 Å². The van der Waals surface area contributed by atoms with E-state index in [9.17, 15) is 0 Å². The van der Waals surface area contributed by atoms with E-state index in [1.165, 1.54) is 64.2 Å². The highest BCUT2D eigenvalue weighted by molar-refractivity contribution is 6.30. The first-order valence-electron chi connectivity index (χ1n) is 13.1. The van der Waals surface area contributed by atoms with Crippen molar-refractivity contribution in [2.75, 3.05) is 0 Å². The summed E-state index contributed by atoms with van der Waals surface area (Å²) >= 11 is 6.24. The SMILES string of the molecule is C[C@H](NC1CCC(c2ccccc2)CC1)C12C[C@H]3C[C@@H](CC(c4ccc(Cl)cc4)(C3)C1)C2. The average Bonchev–Trinajstić information content (AvgIpc) is 2.80. The zero-order valence-corrected chi connectivity index (χ0v) is 20.3. The van der Waals surface area contributed by atoms with Crippen LogP contribution in [0.2, 0.25) is 5.02 Å². The Labute approximate surface area is 199 Å². The molecule has 5 fully saturated rings. The lowest BCUT2D eigenvalue weighted by molar-refractivity contribution is -0.0901. The Bertz CT molecular complexity index is 913. The third-order valence-electron chi connectivity index (χ3n) is 9.97. The Balaban J connectivity index is 1.16. The van der Waals surface area contributed by atoms with Gasteiger partial charge in [0.15, 0.2) is 0 Å². The Morgan fingerprint density at radius 1 is 0.844 bits per heavy atom. The second-order valence-electron chi connectivity index (χ2n) is 12.0. The molecule has 2 heteroatoms. The molecule has 32 heavy (non-hydrogen) atoms. The molecule has 0 spiro atoms. The van der Waals surface area contributed by atoms with Crippen LogP contribution < -0.4 is 5.32 Å². The fourth-order valence-electron chi connectivity index (χ4n) is 8.83. The summed E-state index contributed by atoms with van der Waals surface area (Å²) in [6, 6.07) is 21.4. The van der Waals surface area contributed by atoms with E-state index in [0.29, 0.717) is 22.9 Å². The van der Waals surface area contributed by atoms with E-state index in [2.05, 4.69) is 66.8 Å². The molecule has 5 aliphatic carbocycles. The van der Waals surface area contributed by atoms with E-state index >= 15 is 0 Å². The predicted molar refractivity (Wildman–Crippen MR) is 134 cm³/mol. The van der Waals surface area contributed by atoms with Gasteiger partial charge in [0.25, 0.3) is 0 Å². The van der Waals surface area contributed by atoms with Gasteiger partial charge in [-0.15, -0.1) is 0 Å². The zero-order chi connectivity index (χ0) is 21.8. The molecule has 1 N–H and O–H groups in total. The van der Waals surface area contributed by atoms with Crippen LogP contribution in [0.15, 0.2) is 54.6 Å². The van der Waals surface area contributed by atoms with Crippen LogP contribution in [0.3, 0.4) is 0 Å². The lowest BCUT2D eigenvalue weighted by atomic mass is 9.41. The molecular weight excluding hydrogens is 410 g/mol. The second-order valence-corrected chi connectivity index (χ2v) is 12.4. The van der Waals surface area contributed by atoms with Gasteiger partial charge in [-0.25, -0.2) is 0 Å². The number of hydrogen-bond donors (Lipinski definition) is 1. The summed E-state index contributed by atoms with van der Waals surface area (Å²) in [4.78, 5) is 0. The van der Waals surface area contributed by atoms with Crippen molar-refractivity contribution in [2.45, 2.75) is 94.5 Å². The Kier molecular flexibility index (Phi) is 5.42. The fraction of sp³-hybridized carbons (Fsp3) is 0.600. The number of halogens is 1. The number of benzene rings is 2. The molecule has 3 atom stereocenters. The standard InChI is InChI=1S/C30H38ClN/c1-21(32-28-13-7-25(8-14-28)24-5-3-2-4-6-24)29-16-22-15-23(17-29)19-30(18-22,20-29)26-9-11-27(31)12-10-26/h2-6,9-12,21-23,25,28,32H,7-8,13-20H2,1H3/t21-,22+,23+,25?,28?,29?,30?/m0/s1. The molecule has 170 valence electrons. The first kappa shape index (κ1) is 21.2. The van der Waals surface area contributed by atoms with Crippen LogP contribution in [-0.2, 0) is 5.41 Å². The molecule has 0 amide bonds. The van der Waals surface area contributed by atoms with Gasteiger partial charge in [-0.3, -0.25) is 0 Å². The van der Waals surface area contributed by atoms with Gasteiger partial charge < -0.3 is 5.32 Å². The molecule has 7 rings (SSSR count). The minimum atomic E-state index is 0.398. The molecule has 2 aromatic carbocycles. The Morgan fingerprint density at radius 2 is 1.50 bits per heavy atom. The van der Waals surface area contributed by atoms with E-state index in [1.54, 1.807) is 11.1 Å². The average molecular weight is 448 g/mol. The molecule has 1 nitrogen and oxygen atoms in total. The number of nitrogens with one attached hydrogen (secondary N) is 1. The third-order valence-corrected chi connectivity index (χ3v) is 10.2. The van der Waals surface area contributed by atoms with Crippen LogP contribution in [0, 0.1) is 17.3 Å². The van der Waals surface area contributed by atoms with Gasteiger partial charge in [0, 0.05) is 17.1 Å². The normalized spacial score (nSPS) is 39.2. The van der Waals surface area contributed by atoms with Gasteiger partial charge >= 0.3 is 0 Å².